The topological polar surface area (TPSA) is 29.1 Å². The van der Waals surface area contributed by atoms with Crippen molar-refractivity contribution in [3.8, 4) is 0 Å². The smallest absolute Gasteiger partial charge is 0.225 e. The minimum absolute atomic E-state index is 0.0817. The first-order chi connectivity index (χ1) is 9.70. The fourth-order valence-corrected chi connectivity index (χ4v) is 2.92. The van der Waals surface area contributed by atoms with Crippen LogP contribution in [0.4, 0.5) is 0 Å². The summed E-state index contributed by atoms with van der Waals surface area (Å²) in [5.41, 5.74) is 2.11. The van der Waals surface area contributed by atoms with Crippen LogP contribution < -0.4 is 5.32 Å². The Kier molecular flexibility index (Phi) is 3.62. The molecule has 0 saturated heterocycles. The molecule has 3 heteroatoms. The van der Waals surface area contributed by atoms with Crippen molar-refractivity contribution < 1.29 is 4.79 Å². The van der Waals surface area contributed by atoms with Crippen LogP contribution in [0.2, 0.25) is 0 Å². The summed E-state index contributed by atoms with van der Waals surface area (Å²) in [4.78, 5) is 12.3. The van der Waals surface area contributed by atoms with Crippen LogP contribution in [0, 0.1) is 0 Å². The minimum atomic E-state index is -0.125. The lowest BCUT2D eigenvalue weighted by atomic mass is 10.0. The highest BCUT2D eigenvalue weighted by molar-refractivity contribution is 9.10. The highest BCUT2D eigenvalue weighted by Crippen LogP contribution is 2.45. The van der Waals surface area contributed by atoms with Crippen molar-refractivity contribution in [1.82, 2.24) is 5.32 Å². The molecule has 2 aromatic carbocycles. The molecular formula is C17H16BrNO. The third kappa shape index (κ3) is 2.78. The zero-order valence-electron chi connectivity index (χ0n) is 11.1. The molecule has 0 bridgehead atoms. The zero-order chi connectivity index (χ0) is 14.0. The number of amides is 1. The highest BCUT2D eigenvalue weighted by Gasteiger charge is 2.45. The van der Waals surface area contributed by atoms with Crippen molar-refractivity contribution in [2.24, 2.45) is 0 Å². The molecule has 1 aliphatic rings. The molecule has 0 atom stereocenters. The first-order valence-electron chi connectivity index (χ1n) is 6.80. The van der Waals surface area contributed by atoms with Gasteiger partial charge in [-0.3, -0.25) is 4.79 Å². The van der Waals surface area contributed by atoms with Gasteiger partial charge in [0.2, 0.25) is 5.91 Å². The van der Waals surface area contributed by atoms with E-state index in [9.17, 15) is 4.79 Å². The van der Waals surface area contributed by atoms with Gasteiger partial charge in [-0.2, -0.15) is 0 Å². The van der Waals surface area contributed by atoms with Gasteiger partial charge in [0, 0.05) is 4.47 Å². The van der Waals surface area contributed by atoms with E-state index in [0.717, 1.165) is 22.9 Å². The van der Waals surface area contributed by atoms with Crippen LogP contribution in [0.5, 0.6) is 0 Å². The number of hydrogen-bond donors (Lipinski definition) is 1. The van der Waals surface area contributed by atoms with Gasteiger partial charge in [0.25, 0.3) is 0 Å². The second-order valence-corrected chi connectivity index (χ2v) is 6.12. The number of halogens is 1. The third-order valence-corrected chi connectivity index (χ3v) is 4.54. The molecular weight excluding hydrogens is 314 g/mol. The largest absolute Gasteiger partial charge is 0.346 e. The van der Waals surface area contributed by atoms with Gasteiger partial charge in [-0.05, 0) is 30.0 Å². The fourth-order valence-electron chi connectivity index (χ4n) is 2.49. The summed E-state index contributed by atoms with van der Waals surface area (Å²) in [7, 11) is 0. The van der Waals surface area contributed by atoms with E-state index < -0.39 is 0 Å². The zero-order valence-corrected chi connectivity index (χ0v) is 12.7. The Balaban J connectivity index is 1.70. The van der Waals surface area contributed by atoms with E-state index in [-0.39, 0.29) is 11.4 Å². The highest BCUT2D eigenvalue weighted by atomic mass is 79.9. The molecule has 0 heterocycles. The molecule has 1 amide bonds. The van der Waals surface area contributed by atoms with Gasteiger partial charge in [0.05, 0.1) is 12.0 Å². The van der Waals surface area contributed by atoms with Crippen molar-refractivity contribution in [3.05, 3.63) is 70.2 Å². The van der Waals surface area contributed by atoms with Crippen LogP contribution in [0.3, 0.4) is 0 Å². The second-order valence-electron chi connectivity index (χ2n) is 5.26. The molecule has 20 heavy (non-hydrogen) atoms. The first-order valence-corrected chi connectivity index (χ1v) is 7.59. The summed E-state index contributed by atoms with van der Waals surface area (Å²) in [6.45, 7) is 0. The first kappa shape index (κ1) is 13.4. The average molecular weight is 330 g/mol. The minimum Gasteiger partial charge on any atom is -0.346 e. The van der Waals surface area contributed by atoms with E-state index >= 15 is 0 Å². The molecule has 0 spiro atoms. The monoisotopic (exact) mass is 329 g/mol. The molecule has 0 radical (unpaired) electrons. The molecule has 2 nitrogen and oxygen atoms in total. The molecule has 102 valence electrons. The van der Waals surface area contributed by atoms with Crippen molar-refractivity contribution in [2.75, 3.05) is 0 Å². The summed E-state index contributed by atoms with van der Waals surface area (Å²) in [6, 6.07) is 18.1. The standard InChI is InChI=1S/C17H16BrNO/c18-15-9-5-4-6-13(15)12-16(20)19-17(10-11-17)14-7-2-1-3-8-14/h1-9H,10-12H2,(H,19,20). The van der Waals surface area contributed by atoms with E-state index in [0.29, 0.717) is 6.42 Å². The van der Waals surface area contributed by atoms with Crippen molar-refractivity contribution in [1.29, 1.82) is 0 Å². The Bertz CT molecular complexity index is 620. The van der Waals surface area contributed by atoms with Crippen molar-refractivity contribution in [2.45, 2.75) is 24.8 Å². The number of nitrogens with one attached hydrogen (secondary N) is 1. The predicted octanol–water partition coefficient (Wildman–Crippen LogP) is 3.80. The fraction of sp³-hybridized carbons (Fsp3) is 0.235. The second kappa shape index (κ2) is 5.41. The normalized spacial score (nSPS) is 15.7. The van der Waals surface area contributed by atoms with Gasteiger partial charge in [0.15, 0.2) is 0 Å². The summed E-state index contributed by atoms with van der Waals surface area (Å²) in [6.07, 6.45) is 2.47. The number of benzene rings is 2. The van der Waals surface area contributed by atoms with Crippen LogP contribution in [-0.4, -0.2) is 5.91 Å². The van der Waals surface area contributed by atoms with Crippen LogP contribution >= 0.6 is 15.9 Å². The van der Waals surface area contributed by atoms with Gasteiger partial charge >= 0.3 is 0 Å². The Hall–Kier alpha value is -1.61. The molecule has 1 fully saturated rings. The summed E-state index contributed by atoms with van der Waals surface area (Å²) >= 11 is 3.48. The maximum Gasteiger partial charge on any atom is 0.225 e. The maximum atomic E-state index is 12.3. The Labute approximate surface area is 127 Å². The summed E-state index contributed by atoms with van der Waals surface area (Å²) in [5.74, 6) is 0.0817. The molecule has 2 aromatic rings. The van der Waals surface area contributed by atoms with Gasteiger partial charge in [-0.25, -0.2) is 0 Å². The molecule has 0 aromatic heterocycles. The predicted molar refractivity (Wildman–Crippen MR) is 83.3 cm³/mol. The lowest BCUT2D eigenvalue weighted by molar-refractivity contribution is -0.121. The Morgan fingerprint density at radius 1 is 1.05 bits per heavy atom. The van der Waals surface area contributed by atoms with E-state index in [1.54, 1.807) is 0 Å². The van der Waals surface area contributed by atoms with Gasteiger partial charge < -0.3 is 5.32 Å². The van der Waals surface area contributed by atoms with Gasteiger partial charge in [-0.15, -0.1) is 0 Å². The molecule has 1 saturated carbocycles. The third-order valence-electron chi connectivity index (χ3n) is 3.76. The lowest BCUT2D eigenvalue weighted by Crippen LogP contribution is -2.35. The van der Waals surface area contributed by atoms with Crippen LogP contribution in [0.15, 0.2) is 59.1 Å². The van der Waals surface area contributed by atoms with Crippen molar-refractivity contribution >= 4 is 21.8 Å². The quantitative estimate of drug-likeness (QED) is 0.908. The van der Waals surface area contributed by atoms with E-state index in [2.05, 4.69) is 33.4 Å². The van der Waals surface area contributed by atoms with Crippen LogP contribution in [0.25, 0.3) is 0 Å². The Morgan fingerprint density at radius 3 is 2.35 bits per heavy atom. The molecule has 1 aliphatic carbocycles. The molecule has 0 unspecified atom stereocenters. The van der Waals surface area contributed by atoms with Crippen LogP contribution in [0.1, 0.15) is 24.0 Å². The number of rotatable bonds is 4. The van der Waals surface area contributed by atoms with E-state index in [4.69, 9.17) is 0 Å². The summed E-state index contributed by atoms with van der Waals surface area (Å²) in [5, 5.41) is 3.20. The number of carbonyl (C=O) groups excluding carboxylic acids is 1. The molecule has 1 N–H and O–H groups in total. The number of carbonyl (C=O) groups is 1. The van der Waals surface area contributed by atoms with Gasteiger partial charge in [-0.1, -0.05) is 64.5 Å². The summed E-state index contributed by atoms with van der Waals surface area (Å²) < 4.78 is 0.986. The molecule has 3 rings (SSSR count). The van der Waals surface area contributed by atoms with E-state index in [1.165, 1.54) is 5.56 Å². The molecule has 0 aliphatic heterocycles. The van der Waals surface area contributed by atoms with E-state index in [1.807, 2.05) is 42.5 Å². The SMILES string of the molecule is O=C(Cc1ccccc1Br)NC1(c2ccccc2)CC1. The Morgan fingerprint density at radius 2 is 1.70 bits per heavy atom. The van der Waals surface area contributed by atoms with Crippen LogP contribution in [-0.2, 0) is 16.8 Å². The number of hydrogen-bond acceptors (Lipinski definition) is 1. The average Bonchev–Trinajstić information content (AvgIpc) is 3.23. The maximum absolute atomic E-state index is 12.3. The lowest BCUT2D eigenvalue weighted by Gasteiger charge is -2.18. The van der Waals surface area contributed by atoms with Crippen molar-refractivity contribution in [3.63, 3.8) is 0 Å². The van der Waals surface area contributed by atoms with Gasteiger partial charge in [0.1, 0.15) is 0 Å².